The summed E-state index contributed by atoms with van der Waals surface area (Å²) in [5.41, 5.74) is 0.860. The monoisotopic (exact) mass is 374 g/mol. The number of hydrogen-bond donors (Lipinski definition) is 2. The summed E-state index contributed by atoms with van der Waals surface area (Å²) in [6, 6.07) is 7.47. The largest absolute Gasteiger partial charge is 0.497 e. The highest BCUT2D eigenvalue weighted by Gasteiger charge is 2.17. The Morgan fingerprint density at radius 2 is 1.85 bits per heavy atom. The number of carbonyl (C=O) groups excluding carboxylic acids is 3. The number of carbonyl (C=O) groups is 3. The zero-order chi connectivity index (χ0) is 19.5. The summed E-state index contributed by atoms with van der Waals surface area (Å²) in [5.74, 6) is -0.359. The molecule has 0 unspecified atom stereocenters. The molecule has 1 aliphatic carbocycles. The van der Waals surface area contributed by atoms with Crippen LogP contribution in [0.5, 0.6) is 5.75 Å². The molecule has 0 aromatic heterocycles. The van der Waals surface area contributed by atoms with Crippen molar-refractivity contribution in [3.63, 3.8) is 0 Å². The van der Waals surface area contributed by atoms with Gasteiger partial charge in [0.25, 0.3) is 5.91 Å². The van der Waals surface area contributed by atoms with Crippen molar-refractivity contribution >= 4 is 23.9 Å². The van der Waals surface area contributed by atoms with E-state index in [0.29, 0.717) is 0 Å². The molecule has 146 valence electrons. The van der Waals surface area contributed by atoms with Gasteiger partial charge in [-0.15, -0.1) is 0 Å². The molecule has 0 saturated heterocycles. The maximum absolute atomic E-state index is 11.7. The van der Waals surface area contributed by atoms with E-state index in [9.17, 15) is 14.4 Å². The Morgan fingerprint density at radius 3 is 2.52 bits per heavy atom. The van der Waals surface area contributed by atoms with E-state index in [1.54, 1.807) is 25.3 Å². The minimum atomic E-state index is -0.518. The lowest BCUT2D eigenvalue weighted by atomic mass is 10.2. The van der Waals surface area contributed by atoms with Gasteiger partial charge in [0, 0.05) is 18.7 Å². The highest BCUT2D eigenvalue weighted by Crippen LogP contribution is 2.17. The predicted molar refractivity (Wildman–Crippen MR) is 101 cm³/mol. The first kappa shape index (κ1) is 20.5. The molecule has 0 spiro atoms. The van der Waals surface area contributed by atoms with Gasteiger partial charge in [-0.2, -0.15) is 0 Å². The Morgan fingerprint density at radius 1 is 1.15 bits per heavy atom. The molecular formula is C20H26N2O5. The van der Waals surface area contributed by atoms with Crippen LogP contribution in [0.25, 0.3) is 6.08 Å². The van der Waals surface area contributed by atoms with Crippen LogP contribution in [0.3, 0.4) is 0 Å². The zero-order valence-electron chi connectivity index (χ0n) is 15.5. The maximum atomic E-state index is 11.7. The van der Waals surface area contributed by atoms with Gasteiger partial charge in [-0.1, -0.05) is 25.0 Å². The first-order valence-electron chi connectivity index (χ1n) is 9.12. The lowest BCUT2D eigenvalue weighted by Crippen LogP contribution is -2.36. The summed E-state index contributed by atoms with van der Waals surface area (Å²) >= 11 is 0. The van der Waals surface area contributed by atoms with Crippen LogP contribution in [-0.2, 0) is 19.1 Å². The fraction of sp³-hybridized carbons (Fsp3) is 0.450. The van der Waals surface area contributed by atoms with Crippen LogP contribution in [0.1, 0.15) is 37.7 Å². The normalized spacial score (nSPS) is 14.1. The smallest absolute Gasteiger partial charge is 0.308 e. The van der Waals surface area contributed by atoms with E-state index in [4.69, 9.17) is 9.47 Å². The van der Waals surface area contributed by atoms with Gasteiger partial charge in [0.1, 0.15) is 5.75 Å². The van der Waals surface area contributed by atoms with Crippen LogP contribution < -0.4 is 15.4 Å². The predicted octanol–water partition coefficient (Wildman–Crippen LogP) is 1.82. The Balaban J connectivity index is 1.58. The molecule has 1 aromatic rings. The minimum absolute atomic E-state index is 0.0127. The highest BCUT2D eigenvalue weighted by atomic mass is 16.5. The van der Waals surface area contributed by atoms with Crippen LogP contribution in [0, 0.1) is 0 Å². The van der Waals surface area contributed by atoms with Crippen molar-refractivity contribution in [2.75, 3.05) is 20.3 Å². The third kappa shape index (κ3) is 7.94. The Bertz CT molecular complexity index is 663. The molecule has 27 heavy (non-hydrogen) atoms. The van der Waals surface area contributed by atoms with E-state index in [1.807, 2.05) is 12.1 Å². The second kappa shape index (κ2) is 11.0. The summed E-state index contributed by atoms with van der Waals surface area (Å²) in [6.45, 7) is -0.129. The number of nitrogens with one attached hydrogen (secondary N) is 2. The van der Waals surface area contributed by atoms with Crippen molar-refractivity contribution in [2.24, 2.45) is 0 Å². The van der Waals surface area contributed by atoms with Gasteiger partial charge in [0.2, 0.25) is 5.91 Å². The third-order valence-electron chi connectivity index (χ3n) is 4.26. The summed E-state index contributed by atoms with van der Waals surface area (Å²) in [4.78, 5) is 35.0. The molecule has 0 radical (unpaired) electrons. The van der Waals surface area contributed by atoms with Crippen molar-refractivity contribution < 1.29 is 23.9 Å². The standard InChI is InChI=1S/C20H26N2O5/c1-26-17-9-6-15(7-10-17)8-11-18(23)21-13-12-20(25)27-14-19(24)22-16-4-2-3-5-16/h6-11,16H,2-5,12-14H2,1H3,(H,21,23)(H,22,24)/b11-8+. The number of rotatable bonds is 9. The van der Waals surface area contributed by atoms with Gasteiger partial charge in [-0.3, -0.25) is 14.4 Å². The van der Waals surface area contributed by atoms with Crippen molar-refractivity contribution in [3.05, 3.63) is 35.9 Å². The van der Waals surface area contributed by atoms with Crippen LogP contribution in [-0.4, -0.2) is 44.1 Å². The van der Waals surface area contributed by atoms with Crippen LogP contribution in [0.4, 0.5) is 0 Å². The molecule has 0 atom stereocenters. The van der Waals surface area contributed by atoms with E-state index in [0.717, 1.165) is 37.0 Å². The van der Waals surface area contributed by atoms with E-state index in [-0.39, 0.29) is 37.4 Å². The Kier molecular flexibility index (Phi) is 8.35. The van der Waals surface area contributed by atoms with Crippen molar-refractivity contribution in [3.8, 4) is 5.75 Å². The van der Waals surface area contributed by atoms with Crippen LogP contribution in [0.2, 0.25) is 0 Å². The molecule has 2 amide bonds. The second-order valence-electron chi connectivity index (χ2n) is 6.36. The lowest BCUT2D eigenvalue weighted by molar-refractivity contribution is -0.148. The van der Waals surface area contributed by atoms with E-state index in [1.165, 1.54) is 6.08 Å². The van der Waals surface area contributed by atoms with Gasteiger partial charge >= 0.3 is 5.97 Å². The van der Waals surface area contributed by atoms with Gasteiger partial charge in [-0.05, 0) is 36.6 Å². The number of hydrogen-bond acceptors (Lipinski definition) is 5. The van der Waals surface area contributed by atoms with E-state index in [2.05, 4.69) is 10.6 Å². The molecule has 0 heterocycles. The van der Waals surface area contributed by atoms with Gasteiger partial charge in [0.15, 0.2) is 6.61 Å². The van der Waals surface area contributed by atoms with Crippen LogP contribution in [0.15, 0.2) is 30.3 Å². The summed E-state index contributed by atoms with van der Waals surface area (Å²) in [7, 11) is 1.59. The fourth-order valence-corrected chi connectivity index (χ4v) is 2.79. The number of methoxy groups -OCH3 is 1. The number of amides is 2. The minimum Gasteiger partial charge on any atom is -0.497 e. The van der Waals surface area contributed by atoms with Crippen molar-refractivity contribution in [1.82, 2.24) is 10.6 Å². The molecular weight excluding hydrogens is 348 g/mol. The van der Waals surface area contributed by atoms with Crippen molar-refractivity contribution in [1.29, 1.82) is 0 Å². The SMILES string of the molecule is COc1ccc(/C=C/C(=O)NCCC(=O)OCC(=O)NC2CCCC2)cc1. The highest BCUT2D eigenvalue weighted by molar-refractivity contribution is 5.92. The molecule has 2 N–H and O–H groups in total. The van der Waals surface area contributed by atoms with E-state index < -0.39 is 5.97 Å². The molecule has 2 rings (SSSR count). The molecule has 0 aliphatic heterocycles. The molecule has 7 nitrogen and oxygen atoms in total. The first-order valence-corrected chi connectivity index (χ1v) is 9.12. The molecule has 7 heteroatoms. The second-order valence-corrected chi connectivity index (χ2v) is 6.36. The molecule has 1 aliphatic rings. The number of ether oxygens (including phenoxy) is 2. The maximum Gasteiger partial charge on any atom is 0.308 e. The van der Waals surface area contributed by atoms with Crippen LogP contribution >= 0.6 is 0 Å². The fourth-order valence-electron chi connectivity index (χ4n) is 2.79. The molecule has 1 fully saturated rings. The molecule has 1 aromatic carbocycles. The zero-order valence-corrected chi connectivity index (χ0v) is 15.5. The molecule has 0 bridgehead atoms. The summed E-state index contributed by atoms with van der Waals surface area (Å²) in [6.07, 6.45) is 7.28. The lowest BCUT2D eigenvalue weighted by Gasteiger charge is -2.11. The quantitative estimate of drug-likeness (QED) is 0.508. The van der Waals surface area contributed by atoms with Gasteiger partial charge in [-0.25, -0.2) is 0 Å². The average Bonchev–Trinajstić information content (AvgIpc) is 3.18. The average molecular weight is 374 g/mol. The van der Waals surface area contributed by atoms with E-state index >= 15 is 0 Å². The topological polar surface area (TPSA) is 93.7 Å². The number of esters is 1. The first-order chi connectivity index (χ1) is 13.1. The Hall–Kier alpha value is -2.83. The number of benzene rings is 1. The summed E-state index contributed by atoms with van der Waals surface area (Å²) < 4.78 is 9.98. The summed E-state index contributed by atoms with van der Waals surface area (Å²) in [5, 5.41) is 5.45. The third-order valence-corrected chi connectivity index (χ3v) is 4.26. The van der Waals surface area contributed by atoms with Gasteiger partial charge < -0.3 is 20.1 Å². The van der Waals surface area contributed by atoms with Crippen molar-refractivity contribution in [2.45, 2.75) is 38.1 Å². The van der Waals surface area contributed by atoms with Gasteiger partial charge in [0.05, 0.1) is 13.5 Å². The molecule has 1 saturated carbocycles. The Labute approximate surface area is 159 Å².